The number of benzene rings is 1. The third kappa shape index (κ3) is 5.18. The number of carbonyl (C=O) groups is 1. The molecule has 1 fully saturated rings. The second-order valence-electron chi connectivity index (χ2n) is 7.23. The fourth-order valence-electron chi connectivity index (χ4n) is 3.44. The van der Waals surface area contributed by atoms with E-state index in [2.05, 4.69) is 32.6 Å². The molecule has 3 aromatic rings. The molecule has 6 nitrogen and oxygen atoms in total. The van der Waals surface area contributed by atoms with Crippen molar-refractivity contribution in [3.8, 4) is 11.1 Å². The number of carbonyl (C=O) groups excluding carboxylic acids is 1. The molecule has 7 heteroatoms. The molecule has 30 heavy (non-hydrogen) atoms. The predicted octanol–water partition coefficient (Wildman–Crippen LogP) is 4.00. The van der Waals surface area contributed by atoms with Gasteiger partial charge < -0.3 is 10.1 Å². The van der Waals surface area contributed by atoms with Gasteiger partial charge >= 0.3 is 0 Å². The minimum absolute atomic E-state index is 0.173. The Balaban J connectivity index is 1.40. The lowest BCUT2D eigenvalue weighted by Crippen LogP contribution is -2.35. The van der Waals surface area contributed by atoms with Crippen LogP contribution in [-0.2, 0) is 16.1 Å². The van der Waals surface area contributed by atoms with Crippen molar-refractivity contribution in [3.63, 3.8) is 0 Å². The number of hydrogen-bond acceptors (Lipinski definition) is 6. The number of anilines is 1. The lowest BCUT2D eigenvalue weighted by molar-refractivity contribution is -0.111. The second kappa shape index (κ2) is 9.75. The Bertz CT molecular complexity index is 1030. The van der Waals surface area contributed by atoms with E-state index >= 15 is 0 Å². The number of morpholine rings is 1. The molecule has 1 saturated heterocycles. The molecule has 2 aromatic heterocycles. The number of nitrogens with one attached hydrogen (secondary N) is 1. The maximum atomic E-state index is 12.4. The van der Waals surface area contributed by atoms with Crippen molar-refractivity contribution >= 4 is 29.2 Å². The Morgan fingerprint density at radius 2 is 2.13 bits per heavy atom. The van der Waals surface area contributed by atoms with Gasteiger partial charge in [-0.1, -0.05) is 6.07 Å². The summed E-state index contributed by atoms with van der Waals surface area (Å²) < 4.78 is 9.56. The highest BCUT2D eigenvalue weighted by atomic mass is 32.1. The summed E-state index contributed by atoms with van der Waals surface area (Å²) in [6, 6.07) is 8.00. The summed E-state index contributed by atoms with van der Waals surface area (Å²) in [5.74, 6) is -0.173. The summed E-state index contributed by atoms with van der Waals surface area (Å²) in [5, 5.41) is 4.93. The fraction of sp³-hybridized carbons (Fsp3) is 0.261. The van der Waals surface area contributed by atoms with E-state index in [1.54, 1.807) is 18.5 Å². The average molecular weight is 421 g/mol. The molecule has 3 heterocycles. The molecule has 0 saturated carbocycles. The van der Waals surface area contributed by atoms with Gasteiger partial charge in [0.05, 0.1) is 13.2 Å². The number of rotatable bonds is 6. The maximum absolute atomic E-state index is 12.4. The summed E-state index contributed by atoms with van der Waals surface area (Å²) >= 11 is 1.40. The summed E-state index contributed by atoms with van der Waals surface area (Å²) in [4.78, 5) is 19.0. The molecule has 154 valence electrons. The highest BCUT2D eigenvalue weighted by Crippen LogP contribution is 2.25. The molecule has 0 unspecified atom stereocenters. The lowest BCUT2D eigenvalue weighted by Gasteiger charge is -2.27. The van der Waals surface area contributed by atoms with Crippen molar-refractivity contribution in [1.82, 2.24) is 14.3 Å². The number of aromatic nitrogens is 2. The topological polar surface area (TPSA) is 67.4 Å². The quantitative estimate of drug-likeness (QED) is 0.611. The fourth-order valence-corrected chi connectivity index (χ4v) is 3.98. The van der Waals surface area contributed by atoms with Gasteiger partial charge in [0.1, 0.15) is 0 Å². The number of hydrogen-bond donors (Lipinski definition) is 1. The molecule has 1 amide bonds. The van der Waals surface area contributed by atoms with E-state index in [1.807, 2.05) is 29.8 Å². The first-order valence-electron chi connectivity index (χ1n) is 9.91. The van der Waals surface area contributed by atoms with E-state index < -0.39 is 0 Å². The number of nitrogens with zero attached hydrogens (tertiary/aromatic N) is 3. The molecule has 0 atom stereocenters. The molecule has 1 aliphatic heterocycles. The van der Waals surface area contributed by atoms with E-state index in [9.17, 15) is 4.79 Å². The van der Waals surface area contributed by atoms with Crippen LogP contribution in [0.25, 0.3) is 17.2 Å². The molecule has 0 spiro atoms. The van der Waals surface area contributed by atoms with E-state index in [1.165, 1.54) is 28.7 Å². The van der Waals surface area contributed by atoms with Gasteiger partial charge in [-0.25, -0.2) is 4.37 Å². The van der Waals surface area contributed by atoms with Crippen LogP contribution in [0.1, 0.15) is 16.7 Å². The Kier molecular flexibility index (Phi) is 6.63. The van der Waals surface area contributed by atoms with Crippen molar-refractivity contribution in [2.75, 3.05) is 31.6 Å². The van der Waals surface area contributed by atoms with Crippen LogP contribution >= 0.6 is 11.5 Å². The predicted molar refractivity (Wildman–Crippen MR) is 120 cm³/mol. The third-order valence-corrected chi connectivity index (χ3v) is 5.70. The normalized spacial score (nSPS) is 14.8. The molecule has 0 radical (unpaired) electrons. The Hall–Kier alpha value is -2.87. The van der Waals surface area contributed by atoms with Crippen LogP contribution in [0.5, 0.6) is 0 Å². The summed E-state index contributed by atoms with van der Waals surface area (Å²) in [5.41, 5.74) is 6.14. The summed E-state index contributed by atoms with van der Waals surface area (Å²) in [6.45, 7) is 6.49. The van der Waals surface area contributed by atoms with Gasteiger partial charge in [-0.15, -0.1) is 0 Å². The molecule has 1 aromatic carbocycles. The molecule has 1 aliphatic rings. The Morgan fingerprint density at radius 1 is 1.27 bits per heavy atom. The monoisotopic (exact) mass is 420 g/mol. The number of aryl methyl sites for hydroxylation is 1. The standard InChI is InChI=1S/C23H24N4O2S/c1-17-12-21(4-2-19(17)15-27-8-10-29-11-9-27)26-23(28)5-3-18-13-24-7-6-22(18)20-14-25-30-16-20/h2-7,12-14,16H,8-11,15H2,1H3,(H,26,28)/b5-3+. The first kappa shape index (κ1) is 20.4. The Morgan fingerprint density at radius 3 is 2.90 bits per heavy atom. The van der Waals surface area contributed by atoms with Gasteiger partial charge in [-0.2, -0.15) is 0 Å². The molecule has 4 rings (SSSR count). The zero-order chi connectivity index (χ0) is 20.8. The van der Waals surface area contributed by atoms with Crippen LogP contribution in [0.2, 0.25) is 0 Å². The van der Waals surface area contributed by atoms with Crippen LogP contribution in [0.3, 0.4) is 0 Å². The van der Waals surface area contributed by atoms with Gasteiger partial charge in [0, 0.05) is 66.5 Å². The van der Waals surface area contributed by atoms with E-state index in [0.717, 1.165) is 55.2 Å². The first-order chi connectivity index (χ1) is 14.7. The SMILES string of the molecule is Cc1cc(NC(=O)/C=C/c2cnccc2-c2cnsc2)ccc1CN1CCOCC1. The van der Waals surface area contributed by atoms with Crippen LogP contribution in [0, 0.1) is 6.92 Å². The minimum atomic E-state index is -0.173. The second-order valence-corrected chi connectivity index (χ2v) is 7.89. The van der Waals surface area contributed by atoms with Crippen molar-refractivity contribution in [1.29, 1.82) is 0 Å². The zero-order valence-electron chi connectivity index (χ0n) is 16.9. The highest BCUT2D eigenvalue weighted by molar-refractivity contribution is 7.03. The Labute approximate surface area is 180 Å². The zero-order valence-corrected chi connectivity index (χ0v) is 17.7. The molecular weight excluding hydrogens is 396 g/mol. The van der Waals surface area contributed by atoms with Crippen molar-refractivity contribution in [2.45, 2.75) is 13.5 Å². The van der Waals surface area contributed by atoms with Gasteiger partial charge in [0.2, 0.25) is 5.91 Å². The smallest absolute Gasteiger partial charge is 0.248 e. The van der Waals surface area contributed by atoms with Crippen molar-refractivity contribution in [2.24, 2.45) is 0 Å². The molecular formula is C23H24N4O2S. The molecule has 0 bridgehead atoms. The maximum Gasteiger partial charge on any atom is 0.248 e. The summed E-state index contributed by atoms with van der Waals surface area (Å²) in [7, 11) is 0. The van der Waals surface area contributed by atoms with Gasteiger partial charge in [0.15, 0.2) is 0 Å². The van der Waals surface area contributed by atoms with Crippen LogP contribution in [0.15, 0.2) is 54.3 Å². The average Bonchev–Trinajstić information content (AvgIpc) is 3.30. The highest BCUT2D eigenvalue weighted by Gasteiger charge is 2.12. The lowest BCUT2D eigenvalue weighted by atomic mass is 10.1. The first-order valence-corrected chi connectivity index (χ1v) is 10.7. The number of pyridine rings is 1. The van der Waals surface area contributed by atoms with E-state index in [-0.39, 0.29) is 5.91 Å². The van der Waals surface area contributed by atoms with E-state index in [0.29, 0.717) is 0 Å². The molecule has 1 N–H and O–H groups in total. The van der Waals surface area contributed by atoms with Gasteiger partial charge in [0.25, 0.3) is 0 Å². The summed E-state index contributed by atoms with van der Waals surface area (Å²) in [6.07, 6.45) is 8.64. The van der Waals surface area contributed by atoms with Crippen LogP contribution < -0.4 is 5.32 Å². The number of ether oxygens (including phenoxy) is 1. The van der Waals surface area contributed by atoms with Gasteiger partial charge in [-0.05, 0) is 59.4 Å². The van der Waals surface area contributed by atoms with Gasteiger partial charge in [-0.3, -0.25) is 14.7 Å². The third-order valence-electron chi connectivity index (χ3n) is 5.12. The van der Waals surface area contributed by atoms with Crippen molar-refractivity contribution < 1.29 is 9.53 Å². The van der Waals surface area contributed by atoms with Crippen LogP contribution in [0.4, 0.5) is 5.69 Å². The largest absolute Gasteiger partial charge is 0.379 e. The van der Waals surface area contributed by atoms with Crippen LogP contribution in [-0.4, -0.2) is 46.5 Å². The minimum Gasteiger partial charge on any atom is -0.379 e. The number of amides is 1. The van der Waals surface area contributed by atoms with E-state index in [4.69, 9.17) is 4.74 Å². The van der Waals surface area contributed by atoms with Crippen molar-refractivity contribution in [3.05, 3.63) is 71.0 Å². The molecule has 0 aliphatic carbocycles.